The van der Waals surface area contributed by atoms with E-state index in [0.717, 1.165) is 18.2 Å². The van der Waals surface area contributed by atoms with Crippen LogP contribution in [-0.2, 0) is 12.0 Å². The van der Waals surface area contributed by atoms with Crippen LogP contribution in [0, 0.1) is 0 Å². The number of hydrogen-bond donors (Lipinski definition) is 1. The molecule has 0 fully saturated rings. The van der Waals surface area contributed by atoms with Gasteiger partial charge in [0.1, 0.15) is 16.8 Å². The number of benzene rings is 1. The summed E-state index contributed by atoms with van der Waals surface area (Å²) >= 11 is 6.05. The topological polar surface area (TPSA) is 37.8 Å². The van der Waals surface area contributed by atoms with Crippen molar-refractivity contribution in [2.45, 2.75) is 32.7 Å². The molecule has 0 radical (unpaired) electrons. The Morgan fingerprint density at radius 1 is 1.11 bits per heavy atom. The fraction of sp³-hybridized carbons (Fsp3) is 0.333. The number of nitrogens with zero attached hydrogens (tertiary/aromatic N) is 2. The normalized spacial score (nSPS) is 11.4. The Hall–Kier alpha value is -1.61. The fourth-order valence-electron chi connectivity index (χ4n) is 1.63. The first-order valence-electron chi connectivity index (χ1n) is 6.28. The predicted molar refractivity (Wildman–Crippen MR) is 79.5 cm³/mol. The highest BCUT2D eigenvalue weighted by Crippen LogP contribution is 2.22. The van der Waals surface area contributed by atoms with Gasteiger partial charge in [-0.2, -0.15) is 0 Å². The van der Waals surface area contributed by atoms with E-state index < -0.39 is 0 Å². The van der Waals surface area contributed by atoms with Gasteiger partial charge in [-0.3, -0.25) is 0 Å². The number of rotatable bonds is 3. The van der Waals surface area contributed by atoms with Crippen LogP contribution in [0.25, 0.3) is 0 Å². The fourth-order valence-corrected chi connectivity index (χ4v) is 1.82. The number of nitrogens with one attached hydrogen (secondary N) is 1. The molecule has 19 heavy (non-hydrogen) atoms. The summed E-state index contributed by atoms with van der Waals surface area (Å²) < 4.78 is 0. The highest BCUT2D eigenvalue weighted by atomic mass is 35.5. The van der Waals surface area contributed by atoms with Crippen LogP contribution in [0.4, 0.5) is 5.82 Å². The van der Waals surface area contributed by atoms with Crippen LogP contribution in [0.3, 0.4) is 0 Å². The van der Waals surface area contributed by atoms with Crippen molar-refractivity contribution in [3.05, 3.63) is 52.9 Å². The van der Waals surface area contributed by atoms with Crippen molar-refractivity contribution in [3.63, 3.8) is 0 Å². The van der Waals surface area contributed by atoms with Crippen LogP contribution < -0.4 is 5.32 Å². The van der Waals surface area contributed by atoms with Crippen LogP contribution in [0.15, 0.2) is 36.4 Å². The van der Waals surface area contributed by atoms with Gasteiger partial charge in [0.2, 0.25) is 0 Å². The molecule has 0 saturated heterocycles. The molecule has 3 nitrogen and oxygen atoms in total. The van der Waals surface area contributed by atoms with Gasteiger partial charge >= 0.3 is 0 Å². The van der Waals surface area contributed by atoms with E-state index in [4.69, 9.17) is 11.6 Å². The van der Waals surface area contributed by atoms with Crippen molar-refractivity contribution in [1.29, 1.82) is 0 Å². The van der Waals surface area contributed by atoms with Gasteiger partial charge in [-0.25, -0.2) is 9.97 Å². The average Bonchev–Trinajstić information content (AvgIpc) is 2.36. The van der Waals surface area contributed by atoms with Crippen molar-refractivity contribution >= 4 is 17.4 Å². The first kappa shape index (κ1) is 13.8. The summed E-state index contributed by atoms with van der Waals surface area (Å²) in [6.07, 6.45) is 0. The first-order valence-corrected chi connectivity index (χ1v) is 6.66. The van der Waals surface area contributed by atoms with Gasteiger partial charge in [-0.05, 0) is 5.56 Å². The molecule has 1 N–H and O–H groups in total. The quantitative estimate of drug-likeness (QED) is 0.859. The van der Waals surface area contributed by atoms with Gasteiger partial charge in [0.05, 0.1) is 0 Å². The molecule has 0 bridgehead atoms. The Bertz CT molecular complexity index is 547. The molecule has 0 amide bonds. The maximum absolute atomic E-state index is 6.05. The van der Waals surface area contributed by atoms with E-state index in [9.17, 15) is 0 Å². The highest BCUT2D eigenvalue weighted by molar-refractivity contribution is 6.29. The second kappa shape index (κ2) is 5.57. The minimum absolute atomic E-state index is 0.117. The zero-order valence-corrected chi connectivity index (χ0v) is 12.2. The molecule has 100 valence electrons. The van der Waals surface area contributed by atoms with Crippen molar-refractivity contribution in [3.8, 4) is 0 Å². The predicted octanol–water partition coefficient (Wildman–Crippen LogP) is 4.04. The van der Waals surface area contributed by atoms with E-state index in [-0.39, 0.29) is 5.41 Å². The van der Waals surface area contributed by atoms with Gasteiger partial charge in [-0.15, -0.1) is 0 Å². The molecule has 0 unspecified atom stereocenters. The molecule has 0 aliphatic rings. The maximum Gasteiger partial charge on any atom is 0.137 e. The van der Waals surface area contributed by atoms with Crippen LogP contribution in [-0.4, -0.2) is 9.97 Å². The Morgan fingerprint density at radius 3 is 2.42 bits per heavy atom. The largest absolute Gasteiger partial charge is 0.366 e. The number of hydrogen-bond acceptors (Lipinski definition) is 3. The number of halogens is 1. The van der Waals surface area contributed by atoms with Crippen molar-refractivity contribution in [2.24, 2.45) is 0 Å². The van der Waals surface area contributed by atoms with Crippen LogP contribution in [0.2, 0.25) is 5.15 Å². The van der Waals surface area contributed by atoms with Crippen molar-refractivity contribution < 1.29 is 0 Å². The van der Waals surface area contributed by atoms with Gasteiger partial charge in [0.25, 0.3) is 0 Å². The third-order valence-electron chi connectivity index (χ3n) is 2.68. The zero-order valence-electron chi connectivity index (χ0n) is 11.4. The van der Waals surface area contributed by atoms with Crippen LogP contribution in [0.5, 0.6) is 0 Å². The lowest BCUT2D eigenvalue weighted by atomic mass is 9.96. The lowest BCUT2D eigenvalue weighted by Gasteiger charge is -2.17. The van der Waals surface area contributed by atoms with Crippen LogP contribution in [0.1, 0.15) is 32.2 Å². The Balaban J connectivity index is 2.15. The van der Waals surface area contributed by atoms with E-state index in [2.05, 4.69) is 48.2 Å². The van der Waals surface area contributed by atoms with Gasteiger partial charge in [0, 0.05) is 18.0 Å². The molecule has 0 atom stereocenters. The molecule has 0 aliphatic heterocycles. The second-order valence-electron chi connectivity index (χ2n) is 5.49. The Morgan fingerprint density at radius 2 is 1.79 bits per heavy atom. The third kappa shape index (κ3) is 3.93. The molecule has 0 spiro atoms. The van der Waals surface area contributed by atoms with E-state index in [1.165, 1.54) is 5.56 Å². The number of aromatic nitrogens is 2. The lowest BCUT2D eigenvalue weighted by molar-refractivity contribution is 0.546. The van der Waals surface area contributed by atoms with Crippen molar-refractivity contribution in [1.82, 2.24) is 9.97 Å². The first-order chi connectivity index (χ1) is 8.95. The minimum Gasteiger partial charge on any atom is -0.366 e. The van der Waals surface area contributed by atoms with Gasteiger partial charge < -0.3 is 5.32 Å². The third-order valence-corrected chi connectivity index (χ3v) is 2.88. The standard InChI is InChI=1S/C15H18ClN3/c1-15(2,3)14-18-12(16)9-13(19-14)17-10-11-7-5-4-6-8-11/h4-9H,10H2,1-3H3,(H,17,18,19). The van der Waals surface area contributed by atoms with E-state index in [1.807, 2.05) is 18.2 Å². The molecular weight excluding hydrogens is 258 g/mol. The zero-order chi connectivity index (χ0) is 13.9. The summed E-state index contributed by atoms with van der Waals surface area (Å²) in [4.78, 5) is 8.79. The summed E-state index contributed by atoms with van der Waals surface area (Å²) in [6.45, 7) is 6.93. The molecule has 2 aromatic rings. The lowest BCUT2D eigenvalue weighted by Crippen LogP contribution is -2.17. The second-order valence-corrected chi connectivity index (χ2v) is 5.88. The molecule has 0 aliphatic carbocycles. The van der Waals surface area contributed by atoms with E-state index in [1.54, 1.807) is 6.07 Å². The summed E-state index contributed by atoms with van der Waals surface area (Å²) in [5, 5.41) is 3.75. The van der Waals surface area contributed by atoms with Gasteiger partial charge in [-0.1, -0.05) is 62.7 Å². The summed E-state index contributed by atoms with van der Waals surface area (Å²) in [6, 6.07) is 11.9. The molecule has 1 aromatic heterocycles. The highest BCUT2D eigenvalue weighted by Gasteiger charge is 2.18. The molecule has 2 rings (SSSR count). The van der Waals surface area contributed by atoms with Crippen molar-refractivity contribution in [2.75, 3.05) is 5.32 Å². The molecule has 4 heteroatoms. The smallest absolute Gasteiger partial charge is 0.137 e. The van der Waals surface area contributed by atoms with Crippen LogP contribution >= 0.6 is 11.6 Å². The monoisotopic (exact) mass is 275 g/mol. The van der Waals surface area contributed by atoms with E-state index >= 15 is 0 Å². The summed E-state index contributed by atoms with van der Waals surface area (Å²) in [5.41, 5.74) is 1.09. The SMILES string of the molecule is CC(C)(C)c1nc(Cl)cc(NCc2ccccc2)n1. The van der Waals surface area contributed by atoms with Gasteiger partial charge in [0.15, 0.2) is 0 Å². The minimum atomic E-state index is -0.117. The Kier molecular flexibility index (Phi) is 4.05. The maximum atomic E-state index is 6.05. The average molecular weight is 276 g/mol. The molecule has 1 aromatic carbocycles. The molecule has 0 saturated carbocycles. The summed E-state index contributed by atoms with van der Waals surface area (Å²) in [7, 11) is 0. The molecule has 1 heterocycles. The van der Waals surface area contributed by atoms with E-state index in [0.29, 0.717) is 5.15 Å². The Labute approximate surface area is 119 Å². The molecular formula is C15H18ClN3. The number of anilines is 1. The summed E-state index contributed by atoms with van der Waals surface area (Å²) in [5.74, 6) is 1.50.